The molecule has 5 heteroatoms. The summed E-state index contributed by atoms with van der Waals surface area (Å²) in [5, 5.41) is 4.66. The summed E-state index contributed by atoms with van der Waals surface area (Å²) in [6, 6.07) is 17.4. The number of nitrogen functional groups attached to an aromatic ring is 1. The summed E-state index contributed by atoms with van der Waals surface area (Å²) >= 11 is 1.41. The minimum Gasteiger partial charge on any atom is -0.457 e. The Morgan fingerprint density at radius 3 is 2.30 bits per heavy atom. The second-order valence-corrected chi connectivity index (χ2v) is 5.19. The maximum atomic E-state index is 5.73. The van der Waals surface area contributed by atoms with Crippen LogP contribution in [0.3, 0.4) is 0 Å². The van der Waals surface area contributed by atoms with E-state index in [1.807, 2.05) is 54.6 Å². The van der Waals surface area contributed by atoms with Crippen molar-refractivity contribution in [3.63, 3.8) is 0 Å². The molecule has 0 aliphatic heterocycles. The van der Waals surface area contributed by atoms with Crippen LogP contribution in [-0.4, -0.2) is 4.98 Å². The standard InChI is InChI=1S/C15H13N3OS/c16-14-10-17-15(20-14)18-11-6-8-13(9-7-11)19-12-4-2-1-3-5-12/h1-10H,16H2,(H,17,18). The minimum absolute atomic E-state index is 0.691. The van der Waals surface area contributed by atoms with Gasteiger partial charge in [0.05, 0.1) is 6.20 Å². The van der Waals surface area contributed by atoms with Crippen LogP contribution in [-0.2, 0) is 0 Å². The summed E-state index contributed by atoms with van der Waals surface area (Å²) in [7, 11) is 0. The first-order chi connectivity index (χ1) is 9.79. The molecule has 3 aromatic rings. The normalized spacial score (nSPS) is 10.2. The van der Waals surface area contributed by atoms with Crippen LogP contribution in [0.4, 0.5) is 15.8 Å². The molecule has 0 bridgehead atoms. The summed E-state index contributed by atoms with van der Waals surface area (Å²) in [6.07, 6.45) is 1.64. The molecule has 0 atom stereocenters. The van der Waals surface area contributed by atoms with Crippen molar-refractivity contribution < 1.29 is 4.74 Å². The zero-order valence-corrected chi connectivity index (χ0v) is 11.4. The molecule has 0 aliphatic carbocycles. The maximum absolute atomic E-state index is 5.73. The van der Waals surface area contributed by atoms with E-state index in [9.17, 15) is 0 Å². The number of thiazole rings is 1. The molecule has 0 aliphatic rings. The molecule has 0 unspecified atom stereocenters. The lowest BCUT2D eigenvalue weighted by Gasteiger charge is -2.07. The van der Waals surface area contributed by atoms with E-state index in [1.165, 1.54) is 11.3 Å². The molecule has 4 nitrogen and oxygen atoms in total. The van der Waals surface area contributed by atoms with Crippen LogP contribution in [0, 0.1) is 0 Å². The van der Waals surface area contributed by atoms with Crippen molar-refractivity contribution in [3.8, 4) is 11.5 Å². The third-order valence-corrected chi connectivity index (χ3v) is 3.35. The van der Waals surface area contributed by atoms with Gasteiger partial charge in [-0.3, -0.25) is 0 Å². The van der Waals surface area contributed by atoms with E-state index in [0.717, 1.165) is 22.3 Å². The molecule has 2 aromatic carbocycles. The summed E-state index contributed by atoms with van der Waals surface area (Å²) < 4.78 is 5.73. The third-order valence-electron chi connectivity index (χ3n) is 2.61. The van der Waals surface area contributed by atoms with E-state index in [-0.39, 0.29) is 0 Å². The topological polar surface area (TPSA) is 60.2 Å². The van der Waals surface area contributed by atoms with Crippen molar-refractivity contribution in [1.29, 1.82) is 0 Å². The first-order valence-electron chi connectivity index (χ1n) is 6.11. The van der Waals surface area contributed by atoms with Crippen LogP contribution < -0.4 is 15.8 Å². The maximum Gasteiger partial charge on any atom is 0.189 e. The number of hydrogen-bond acceptors (Lipinski definition) is 5. The van der Waals surface area contributed by atoms with Gasteiger partial charge in [-0.2, -0.15) is 0 Å². The predicted octanol–water partition coefficient (Wildman–Crippen LogP) is 4.26. The van der Waals surface area contributed by atoms with Crippen LogP contribution in [0.15, 0.2) is 60.8 Å². The van der Waals surface area contributed by atoms with Gasteiger partial charge in [0.25, 0.3) is 0 Å². The second kappa shape index (κ2) is 5.63. The Hall–Kier alpha value is -2.53. The van der Waals surface area contributed by atoms with Crippen LogP contribution in [0.1, 0.15) is 0 Å². The van der Waals surface area contributed by atoms with Gasteiger partial charge < -0.3 is 15.8 Å². The van der Waals surface area contributed by atoms with E-state index < -0.39 is 0 Å². The molecule has 20 heavy (non-hydrogen) atoms. The van der Waals surface area contributed by atoms with Crippen molar-refractivity contribution >= 4 is 27.2 Å². The van der Waals surface area contributed by atoms with Gasteiger partial charge in [-0.25, -0.2) is 4.98 Å². The van der Waals surface area contributed by atoms with E-state index in [2.05, 4.69) is 10.3 Å². The number of nitrogens with two attached hydrogens (primary N) is 1. The van der Waals surface area contributed by atoms with Crippen molar-refractivity contribution in [2.75, 3.05) is 11.1 Å². The Morgan fingerprint density at radius 2 is 1.65 bits per heavy atom. The number of aromatic nitrogens is 1. The summed E-state index contributed by atoms with van der Waals surface area (Å²) in [5.41, 5.74) is 6.58. The van der Waals surface area contributed by atoms with E-state index in [1.54, 1.807) is 6.20 Å². The lowest BCUT2D eigenvalue weighted by molar-refractivity contribution is 0.483. The first kappa shape index (κ1) is 12.5. The van der Waals surface area contributed by atoms with Crippen LogP contribution in [0.5, 0.6) is 11.5 Å². The molecule has 1 heterocycles. The highest BCUT2D eigenvalue weighted by Crippen LogP contribution is 2.26. The quantitative estimate of drug-likeness (QED) is 0.751. The fraction of sp³-hybridized carbons (Fsp3) is 0. The Labute approximate surface area is 120 Å². The smallest absolute Gasteiger partial charge is 0.189 e. The van der Waals surface area contributed by atoms with Crippen molar-refractivity contribution in [1.82, 2.24) is 4.98 Å². The molecule has 0 saturated heterocycles. The summed E-state index contributed by atoms with van der Waals surface area (Å²) in [5.74, 6) is 1.61. The van der Waals surface area contributed by atoms with E-state index in [4.69, 9.17) is 10.5 Å². The second-order valence-electron chi connectivity index (χ2n) is 4.13. The van der Waals surface area contributed by atoms with Crippen molar-refractivity contribution in [2.45, 2.75) is 0 Å². The largest absolute Gasteiger partial charge is 0.457 e. The highest BCUT2D eigenvalue weighted by atomic mass is 32.1. The van der Waals surface area contributed by atoms with Gasteiger partial charge in [0.15, 0.2) is 5.13 Å². The zero-order chi connectivity index (χ0) is 13.8. The Morgan fingerprint density at radius 1 is 0.950 bits per heavy atom. The fourth-order valence-electron chi connectivity index (χ4n) is 1.70. The summed E-state index contributed by atoms with van der Waals surface area (Å²) in [6.45, 7) is 0. The molecule has 3 N–H and O–H groups in total. The molecule has 0 fully saturated rings. The fourth-order valence-corrected chi connectivity index (χ4v) is 2.30. The van der Waals surface area contributed by atoms with Crippen LogP contribution in [0.2, 0.25) is 0 Å². The van der Waals surface area contributed by atoms with Crippen molar-refractivity contribution in [3.05, 3.63) is 60.8 Å². The molecule has 0 saturated carbocycles. The Balaban J connectivity index is 1.68. The van der Waals surface area contributed by atoms with Gasteiger partial charge >= 0.3 is 0 Å². The highest BCUT2D eigenvalue weighted by molar-refractivity contribution is 7.19. The number of hydrogen-bond donors (Lipinski definition) is 2. The molecule has 100 valence electrons. The van der Waals surface area contributed by atoms with Gasteiger partial charge in [-0.15, -0.1) is 0 Å². The number of anilines is 3. The number of nitrogens with one attached hydrogen (secondary N) is 1. The van der Waals surface area contributed by atoms with Gasteiger partial charge in [0.2, 0.25) is 0 Å². The predicted molar refractivity (Wildman–Crippen MR) is 82.8 cm³/mol. The number of benzene rings is 2. The number of nitrogens with zero attached hydrogens (tertiary/aromatic N) is 1. The van der Waals surface area contributed by atoms with Crippen LogP contribution >= 0.6 is 11.3 Å². The van der Waals surface area contributed by atoms with Gasteiger partial charge in [0, 0.05) is 5.69 Å². The lowest BCUT2D eigenvalue weighted by atomic mass is 10.3. The lowest BCUT2D eigenvalue weighted by Crippen LogP contribution is -1.89. The SMILES string of the molecule is Nc1cnc(Nc2ccc(Oc3ccccc3)cc2)s1. The Kier molecular flexibility index (Phi) is 3.52. The minimum atomic E-state index is 0.691. The Bertz CT molecular complexity index is 680. The van der Waals surface area contributed by atoms with Crippen LogP contribution in [0.25, 0.3) is 0 Å². The number of ether oxygens (including phenoxy) is 1. The van der Waals surface area contributed by atoms with E-state index in [0.29, 0.717) is 5.00 Å². The number of para-hydroxylation sites is 1. The average molecular weight is 283 g/mol. The molecular weight excluding hydrogens is 270 g/mol. The molecular formula is C15H13N3OS. The molecule has 3 rings (SSSR count). The molecule has 0 spiro atoms. The highest BCUT2D eigenvalue weighted by Gasteiger charge is 2.01. The van der Waals surface area contributed by atoms with Gasteiger partial charge in [-0.05, 0) is 36.4 Å². The first-order valence-corrected chi connectivity index (χ1v) is 6.92. The monoisotopic (exact) mass is 283 g/mol. The zero-order valence-electron chi connectivity index (χ0n) is 10.6. The van der Waals surface area contributed by atoms with Gasteiger partial charge in [0.1, 0.15) is 16.5 Å². The van der Waals surface area contributed by atoms with E-state index >= 15 is 0 Å². The summed E-state index contributed by atoms with van der Waals surface area (Å²) in [4.78, 5) is 4.15. The molecule has 1 aromatic heterocycles. The third kappa shape index (κ3) is 3.07. The average Bonchev–Trinajstić information content (AvgIpc) is 2.88. The van der Waals surface area contributed by atoms with Crippen molar-refractivity contribution in [2.24, 2.45) is 0 Å². The molecule has 0 radical (unpaired) electrons. The molecule has 0 amide bonds. The number of rotatable bonds is 4. The van der Waals surface area contributed by atoms with Gasteiger partial charge in [-0.1, -0.05) is 29.5 Å².